The molecule has 1 fully saturated rings. The highest BCUT2D eigenvalue weighted by Gasteiger charge is 2.26. The van der Waals surface area contributed by atoms with E-state index in [4.69, 9.17) is 5.11 Å². The number of unbranched alkanes of at least 4 members (excludes halogenated alkanes) is 1. The highest BCUT2D eigenvalue weighted by Crippen LogP contribution is 2.19. The van der Waals surface area contributed by atoms with Crippen LogP contribution in [-0.2, 0) is 10.0 Å². The molecule has 0 bridgehead atoms. The summed E-state index contributed by atoms with van der Waals surface area (Å²) >= 11 is 0. The van der Waals surface area contributed by atoms with E-state index < -0.39 is 10.0 Å². The fraction of sp³-hybridized carbons (Fsp3) is 1.00. The molecule has 0 aromatic carbocycles. The van der Waals surface area contributed by atoms with Crippen LogP contribution in [0, 0.1) is 5.92 Å². The Morgan fingerprint density at radius 3 is 2.40 bits per heavy atom. The molecule has 1 saturated heterocycles. The number of sulfonamides is 1. The van der Waals surface area contributed by atoms with Gasteiger partial charge in [-0.15, -0.1) is 0 Å². The van der Waals surface area contributed by atoms with Crippen molar-refractivity contribution in [3.05, 3.63) is 0 Å². The molecule has 0 amide bonds. The van der Waals surface area contributed by atoms with E-state index in [9.17, 15) is 8.42 Å². The van der Waals surface area contributed by atoms with Crippen molar-refractivity contribution in [3.63, 3.8) is 0 Å². The highest BCUT2D eigenvalue weighted by molar-refractivity contribution is 7.89. The Kier molecular flexibility index (Phi) is 5.02. The minimum absolute atomic E-state index is 0.183. The van der Waals surface area contributed by atoms with Crippen molar-refractivity contribution in [2.45, 2.75) is 32.6 Å². The molecule has 1 aliphatic rings. The van der Waals surface area contributed by atoms with Gasteiger partial charge in [0.15, 0.2) is 0 Å². The lowest BCUT2D eigenvalue weighted by atomic mass is 10.00. The fourth-order valence-corrected chi connectivity index (χ4v) is 3.50. The maximum absolute atomic E-state index is 11.8. The number of hydrogen-bond acceptors (Lipinski definition) is 3. The summed E-state index contributed by atoms with van der Waals surface area (Å²) in [7, 11) is -3.03. The smallest absolute Gasteiger partial charge is 0.214 e. The first-order valence-electron chi connectivity index (χ1n) is 5.69. The second kappa shape index (κ2) is 5.82. The van der Waals surface area contributed by atoms with E-state index in [-0.39, 0.29) is 12.4 Å². The molecule has 1 aliphatic heterocycles. The Bertz CT molecular complexity index is 268. The van der Waals surface area contributed by atoms with Crippen molar-refractivity contribution in [2.75, 3.05) is 25.4 Å². The van der Waals surface area contributed by atoms with Gasteiger partial charge in [0.1, 0.15) is 0 Å². The van der Waals surface area contributed by atoms with Crippen LogP contribution in [-0.4, -0.2) is 43.3 Å². The molecule has 0 radical (unpaired) electrons. The molecule has 0 atom stereocenters. The third kappa shape index (κ3) is 3.74. The van der Waals surface area contributed by atoms with Gasteiger partial charge < -0.3 is 5.11 Å². The van der Waals surface area contributed by atoms with E-state index in [1.165, 1.54) is 0 Å². The Labute approximate surface area is 92.3 Å². The molecule has 4 nitrogen and oxygen atoms in total. The van der Waals surface area contributed by atoms with Crippen molar-refractivity contribution in [2.24, 2.45) is 5.92 Å². The highest BCUT2D eigenvalue weighted by atomic mass is 32.2. The first kappa shape index (κ1) is 12.9. The van der Waals surface area contributed by atoms with Crippen LogP contribution in [0.15, 0.2) is 0 Å². The molecule has 1 N–H and O–H groups in total. The molecule has 0 aliphatic carbocycles. The van der Waals surface area contributed by atoms with E-state index in [1.54, 1.807) is 4.31 Å². The molecule has 0 spiro atoms. The number of aliphatic hydroxyl groups excluding tert-OH is 1. The standard InChI is InChI=1S/C10H21NO3S/c1-2-3-8-15(13,14)11-6-4-10(9-12)5-7-11/h10,12H,2-9H2,1H3. The normalized spacial score (nSPS) is 20.7. The lowest BCUT2D eigenvalue weighted by Gasteiger charge is -2.30. The summed E-state index contributed by atoms with van der Waals surface area (Å²) < 4.78 is 25.2. The topological polar surface area (TPSA) is 57.6 Å². The van der Waals surface area contributed by atoms with Crippen LogP contribution >= 0.6 is 0 Å². The molecule has 0 unspecified atom stereocenters. The van der Waals surface area contributed by atoms with Crippen LogP contribution in [0.25, 0.3) is 0 Å². The van der Waals surface area contributed by atoms with Gasteiger partial charge in [-0.05, 0) is 25.2 Å². The van der Waals surface area contributed by atoms with Crippen molar-refractivity contribution >= 4 is 10.0 Å². The van der Waals surface area contributed by atoms with Crippen LogP contribution in [0.4, 0.5) is 0 Å². The number of hydrogen-bond donors (Lipinski definition) is 1. The molecular formula is C10H21NO3S. The van der Waals surface area contributed by atoms with Crippen molar-refractivity contribution in [3.8, 4) is 0 Å². The van der Waals surface area contributed by atoms with E-state index in [2.05, 4.69) is 0 Å². The van der Waals surface area contributed by atoms with Crippen molar-refractivity contribution in [1.29, 1.82) is 0 Å². The van der Waals surface area contributed by atoms with E-state index in [1.807, 2.05) is 6.92 Å². The van der Waals surface area contributed by atoms with E-state index in [0.29, 0.717) is 19.0 Å². The minimum Gasteiger partial charge on any atom is -0.396 e. The van der Waals surface area contributed by atoms with Gasteiger partial charge in [-0.25, -0.2) is 12.7 Å². The van der Waals surface area contributed by atoms with Crippen molar-refractivity contribution in [1.82, 2.24) is 4.31 Å². The molecule has 1 heterocycles. The quantitative estimate of drug-likeness (QED) is 0.767. The average molecular weight is 235 g/mol. The third-order valence-electron chi connectivity index (χ3n) is 2.98. The summed E-state index contributed by atoms with van der Waals surface area (Å²) in [4.78, 5) is 0. The maximum Gasteiger partial charge on any atom is 0.214 e. The molecule has 0 aromatic heterocycles. The SMILES string of the molecule is CCCCS(=O)(=O)N1CCC(CO)CC1. The second-order valence-corrected chi connectivity index (χ2v) is 6.28. The van der Waals surface area contributed by atoms with Gasteiger partial charge in [0, 0.05) is 19.7 Å². The molecule has 90 valence electrons. The van der Waals surface area contributed by atoms with Crippen LogP contribution < -0.4 is 0 Å². The van der Waals surface area contributed by atoms with Gasteiger partial charge >= 0.3 is 0 Å². The first-order valence-corrected chi connectivity index (χ1v) is 7.29. The van der Waals surface area contributed by atoms with E-state index in [0.717, 1.165) is 25.7 Å². The number of piperidine rings is 1. The predicted octanol–water partition coefficient (Wildman–Crippen LogP) is 0.821. The molecule has 0 saturated carbocycles. The second-order valence-electron chi connectivity index (χ2n) is 4.19. The molecule has 1 rings (SSSR count). The van der Waals surface area contributed by atoms with Crippen LogP contribution in [0.3, 0.4) is 0 Å². The van der Waals surface area contributed by atoms with E-state index >= 15 is 0 Å². The van der Waals surface area contributed by atoms with Crippen LogP contribution in [0.1, 0.15) is 32.6 Å². The molecule has 5 heteroatoms. The van der Waals surface area contributed by atoms with Gasteiger partial charge in [-0.1, -0.05) is 13.3 Å². The molecule has 15 heavy (non-hydrogen) atoms. The van der Waals surface area contributed by atoms with Crippen LogP contribution in [0.2, 0.25) is 0 Å². The third-order valence-corrected chi connectivity index (χ3v) is 4.94. The zero-order valence-corrected chi connectivity index (χ0v) is 10.2. The monoisotopic (exact) mass is 235 g/mol. The molecule has 0 aromatic rings. The maximum atomic E-state index is 11.8. The fourth-order valence-electron chi connectivity index (χ4n) is 1.83. The Balaban J connectivity index is 2.45. The first-order chi connectivity index (χ1) is 7.10. The Morgan fingerprint density at radius 2 is 1.93 bits per heavy atom. The zero-order valence-electron chi connectivity index (χ0n) is 9.35. The lowest BCUT2D eigenvalue weighted by molar-refractivity contribution is 0.170. The molecular weight excluding hydrogens is 214 g/mol. The van der Waals surface area contributed by atoms with Gasteiger partial charge in [-0.2, -0.15) is 0 Å². The van der Waals surface area contributed by atoms with Gasteiger partial charge in [-0.3, -0.25) is 0 Å². The summed E-state index contributed by atoms with van der Waals surface area (Å²) in [5, 5.41) is 8.95. The van der Waals surface area contributed by atoms with Gasteiger partial charge in [0.2, 0.25) is 10.0 Å². The summed E-state index contributed by atoms with van der Waals surface area (Å²) in [6, 6.07) is 0. The summed E-state index contributed by atoms with van der Waals surface area (Å²) in [5.41, 5.74) is 0. The lowest BCUT2D eigenvalue weighted by Crippen LogP contribution is -2.40. The van der Waals surface area contributed by atoms with Crippen LogP contribution in [0.5, 0.6) is 0 Å². The Morgan fingerprint density at radius 1 is 1.33 bits per heavy atom. The average Bonchev–Trinajstić information content (AvgIpc) is 2.26. The number of rotatable bonds is 5. The summed E-state index contributed by atoms with van der Waals surface area (Å²) in [6.45, 7) is 3.34. The van der Waals surface area contributed by atoms with Gasteiger partial charge in [0.25, 0.3) is 0 Å². The van der Waals surface area contributed by atoms with Gasteiger partial charge in [0.05, 0.1) is 5.75 Å². The zero-order chi connectivity index (χ0) is 11.3. The predicted molar refractivity (Wildman–Crippen MR) is 60.1 cm³/mol. The summed E-state index contributed by atoms with van der Waals surface area (Å²) in [6.07, 6.45) is 3.23. The largest absolute Gasteiger partial charge is 0.396 e. The number of aliphatic hydroxyl groups is 1. The van der Waals surface area contributed by atoms with Crippen molar-refractivity contribution < 1.29 is 13.5 Å². The minimum atomic E-state index is -3.03. The summed E-state index contributed by atoms with van der Waals surface area (Å²) in [5.74, 6) is 0.565. The number of nitrogens with zero attached hydrogens (tertiary/aromatic N) is 1. The Hall–Kier alpha value is -0.130.